The number of hydrogen-bond acceptors (Lipinski definition) is 7. The van der Waals surface area contributed by atoms with Crippen molar-refractivity contribution in [2.75, 3.05) is 40.9 Å². The minimum Gasteiger partial charge on any atom is -0.756 e. The van der Waals surface area contributed by atoms with Gasteiger partial charge in [0.25, 0.3) is 7.82 Å². The van der Waals surface area contributed by atoms with Crippen LogP contribution >= 0.6 is 7.82 Å². The summed E-state index contributed by atoms with van der Waals surface area (Å²) in [5.41, 5.74) is 0. The average molecular weight is 1260 g/mol. The van der Waals surface area contributed by atoms with E-state index in [4.69, 9.17) is 13.8 Å². The molecule has 9 nitrogen and oxygen atoms in total. The Kier molecular flexibility index (Phi) is 67.2. The highest BCUT2D eigenvalue weighted by Gasteiger charge is 2.27. The first-order valence-electron chi connectivity index (χ1n) is 39.1. The number of hydrogen-bond donors (Lipinski definition) is 1. The van der Waals surface area contributed by atoms with Crippen molar-refractivity contribution in [1.82, 2.24) is 5.32 Å². The molecule has 0 aromatic heterocycles. The van der Waals surface area contributed by atoms with Gasteiger partial charge in [0.15, 0.2) is 0 Å². The van der Waals surface area contributed by atoms with Crippen LogP contribution in [0.3, 0.4) is 0 Å². The van der Waals surface area contributed by atoms with Gasteiger partial charge in [-0.3, -0.25) is 14.2 Å². The van der Waals surface area contributed by atoms with Gasteiger partial charge >= 0.3 is 5.97 Å². The highest BCUT2D eigenvalue weighted by molar-refractivity contribution is 7.45. The minimum atomic E-state index is -4.70. The van der Waals surface area contributed by atoms with Crippen LogP contribution in [0.15, 0.2) is 24.3 Å². The van der Waals surface area contributed by atoms with Crippen LogP contribution in [0.5, 0.6) is 0 Å². The summed E-state index contributed by atoms with van der Waals surface area (Å²) in [6, 6.07) is -0.883. The number of unbranched alkanes of at least 4 members (excludes halogenated alkanes) is 55. The molecule has 0 saturated carbocycles. The van der Waals surface area contributed by atoms with E-state index in [0.29, 0.717) is 17.4 Å². The van der Waals surface area contributed by atoms with E-state index in [2.05, 4.69) is 38.2 Å². The maximum absolute atomic E-state index is 13.6. The number of allylic oxidation sites excluding steroid dienone is 3. The molecule has 0 aromatic carbocycles. The molecule has 522 valence electrons. The lowest BCUT2D eigenvalue weighted by Gasteiger charge is -2.30. The summed E-state index contributed by atoms with van der Waals surface area (Å²) < 4.78 is 30.5. The standard InChI is InChI=1S/C78H153N2O7P/c1-7-10-13-16-19-22-25-28-30-32-34-36-38-39-40-41-43-44-46-48-50-52-55-58-61-64-67-70-77(81)79-75(74-86-88(83,84)85-73-72-80(4,5)6)76(69-66-63-60-57-54-27-24-21-18-15-12-9-3)87-78(82)71-68-65-62-59-56-53-51-49-47-45-42-37-35-33-31-29-26-23-20-17-14-11-8-2/h28,30,66,69,75-76H,7-27,29,31-65,67-68,70-74H2,1-6H3,(H-,79,81,83,84)/b30-28+,69-66+. The minimum absolute atomic E-state index is 0.0174. The van der Waals surface area contributed by atoms with Crippen LogP contribution in [0.25, 0.3) is 0 Å². The zero-order valence-electron chi connectivity index (χ0n) is 60.0. The van der Waals surface area contributed by atoms with E-state index in [9.17, 15) is 19.0 Å². The fourth-order valence-corrected chi connectivity index (χ4v) is 12.8. The molecule has 0 aliphatic rings. The number of carbonyl (C=O) groups is 2. The van der Waals surface area contributed by atoms with E-state index < -0.39 is 20.0 Å². The van der Waals surface area contributed by atoms with Crippen molar-refractivity contribution in [3.05, 3.63) is 24.3 Å². The number of likely N-dealkylation sites (N-methyl/N-ethyl adjacent to an activating group) is 1. The zero-order chi connectivity index (χ0) is 64.2. The van der Waals surface area contributed by atoms with Crippen molar-refractivity contribution in [3.8, 4) is 0 Å². The molecule has 0 aromatic rings. The first-order chi connectivity index (χ1) is 42.9. The van der Waals surface area contributed by atoms with Crippen LogP contribution in [-0.4, -0.2) is 69.4 Å². The monoisotopic (exact) mass is 1260 g/mol. The van der Waals surface area contributed by atoms with Crippen LogP contribution in [-0.2, 0) is 27.9 Å². The Bertz CT molecular complexity index is 1550. The van der Waals surface area contributed by atoms with Gasteiger partial charge in [-0.05, 0) is 57.4 Å². The van der Waals surface area contributed by atoms with E-state index >= 15 is 0 Å². The van der Waals surface area contributed by atoms with E-state index in [1.807, 2.05) is 33.3 Å². The van der Waals surface area contributed by atoms with Gasteiger partial charge in [-0.1, -0.05) is 366 Å². The van der Waals surface area contributed by atoms with Gasteiger partial charge < -0.3 is 28.5 Å². The zero-order valence-corrected chi connectivity index (χ0v) is 60.9. The largest absolute Gasteiger partial charge is 0.756 e. The molecule has 3 unspecified atom stereocenters. The SMILES string of the molecule is CCCCCCCC/C=C/CCCCCCCCCCCCCCCCCCCC(=O)NC(COP(=O)([O-])OCC[N+](C)(C)C)C(/C=C/CCCCCCCCCCCC)OC(=O)CCCCCCCCCCCCCCCCCCCCCCCCC. The molecule has 0 bridgehead atoms. The molecule has 0 aliphatic heterocycles. The molecule has 0 rings (SSSR count). The Morgan fingerprint density at radius 3 is 0.966 bits per heavy atom. The fraction of sp³-hybridized carbons (Fsp3) is 0.923. The van der Waals surface area contributed by atoms with E-state index in [1.165, 1.54) is 321 Å². The van der Waals surface area contributed by atoms with Gasteiger partial charge in [0, 0.05) is 12.8 Å². The summed E-state index contributed by atoms with van der Waals surface area (Å²) in [5.74, 6) is -0.513. The number of phosphoric acid groups is 1. The van der Waals surface area contributed by atoms with Gasteiger partial charge in [-0.2, -0.15) is 0 Å². The molecular formula is C78H153N2O7P. The van der Waals surface area contributed by atoms with Gasteiger partial charge in [-0.15, -0.1) is 0 Å². The smallest absolute Gasteiger partial charge is 0.306 e. The molecule has 0 spiro atoms. The fourth-order valence-electron chi connectivity index (χ4n) is 12.1. The van der Waals surface area contributed by atoms with Crippen molar-refractivity contribution < 1.29 is 37.3 Å². The molecule has 1 N–H and O–H groups in total. The Balaban J connectivity index is 4.90. The van der Waals surface area contributed by atoms with E-state index in [0.717, 1.165) is 57.8 Å². The first-order valence-corrected chi connectivity index (χ1v) is 40.6. The molecular weight excluding hydrogens is 1110 g/mol. The number of amides is 1. The Labute approximate surface area is 549 Å². The number of nitrogens with one attached hydrogen (secondary N) is 1. The number of phosphoric ester groups is 1. The van der Waals surface area contributed by atoms with Crippen molar-refractivity contribution in [1.29, 1.82) is 0 Å². The van der Waals surface area contributed by atoms with Crippen molar-refractivity contribution in [2.45, 2.75) is 425 Å². The second-order valence-electron chi connectivity index (χ2n) is 28.2. The molecule has 10 heteroatoms. The first kappa shape index (κ1) is 86.5. The van der Waals surface area contributed by atoms with Crippen molar-refractivity contribution in [3.63, 3.8) is 0 Å². The molecule has 0 saturated heterocycles. The average Bonchev–Trinajstić information content (AvgIpc) is 3.66. The van der Waals surface area contributed by atoms with Gasteiger partial charge in [-0.25, -0.2) is 0 Å². The molecule has 1 amide bonds. The second-order valence-corrected chi connectivity index (χ2v) is 29.6. The second kappa shape index (κ2) is 68.4. The number of nitrogens with zero attached hydrogens (tertiary/aromatic N) is 1. The number of ether oxygens (including phenoxy) is 1. The maximum atomic E-state index is 13.6. The summed E-state index contributed by atoms with van der Waals surface area (Å²) in [6.45, 7) is 6.92. The normalized spacial score (nSPS) is 13.5. The highest BCUT2D eigenvalue weighted by Crippen LogP contribution is 2.38. The summed E-state index contributed by atoms with van der Waals surface area (Å²) in [6.07, 6.45) is 84.7. The van der Waals surface area contributed by atoms with Gasteiger partial charge in [0.2, 0.25) is 5.91 Å². The summed E-state index contributed by atoms with van der Waals surface area (Å²) in [4.78, 5) is 40.3. The third-order valence-electron chi connectivity index (χ3n) is 18.1. The van der Waals surface area contributed by atoms with Gasteiger partial charge in [0.05, 0.1) is 33.8 Å². The quantitative estimate of drug-likeness (QED) is 0.0212. The maximum Gasteiger partial charge on any atom is 0.306 e. The van der Waals surface area contributed by atoms with E-state index in [-0.39, 0.29) is 31.5 Å². The van der Waals surface area contributed by atoms with Crippen molar-refractivity contribution in [2.24, 2.45) is 0 Å². The number of quaternary nitrogens is 1. The third-order valence-corrected chi connectivity index (χ3v) is 19.1. The molecule has 0 radical (unpaired) electrons. The lowest BCUT2D eigenvalue weighted by molar-refractivity contribution is -0.870. The van der Waals surface area contributed by atoms with Crippen LogP contribution in [0, 0.1) is 0 Å². The molecule has 0 heterocycles. The topological polar surface area (TPSA) is 114 Å². The Morgan fingerprint density at radius 2 is 0.659 bits per heavy atom. The predicted octanol–water partition coefficient (Wildman–Crippen LogP) is 24.6. The van der Waals surface area contributed by atoms with Crippen LogP contribution < -0.4 is 10.2 Å². The summed E-state index contributed by atoms with van der Waals surface area (Å²) >= 11 is 0. The molecule has 0 aliphatic carbocycles. The third kappa shape index (κ3) is 68.8. The van der Waals surface area contributed by atoms with Gasteiger partial charge in [0.1, 0.15) is 19.3 Å². The Hall–Kier alpha value is -1.51. The highest BCUT2D eigenvalue weighted by atomic mass is 31.2. The molecule has 3 atom stereocenters. The summed E-state index contributed by atoms with van der Waals surface area (Å²) in [5, 5.41) is 3.06. The lowest BCUT2D eigenvalue weighted by atomic mass is 10.0. The Morgan fingerprint density at radius 1 is 0.386 bits per heavy atom. The van der Waals surface area contributed by atoms with Crippen LogP contribution in [0.4, 0.5) is 0 Å². The summed E-state index contributed by atoms with van der Waals surface area (Å²) in [7, 11) is 1.21. The molecule has 0 fully saturated rings. The predicted molar refractivity (Wildman–Crippen MR) is 381 cm³/mol. The number of rotatable bonds is 73. The molecule has 88 heavy (non-hydrogen) atoms. The lowest BCUT2D eigenvalue weighted by Crippen LogP contribution is -2.47. The number of esters is 1. The van der Waals surface area contributed by atoms with E-state index in [1.54, 1.807) is 0 Å². The number of carbonyl (C=O) groups excluding carboxylic acids is 2. The van der Waals surface area contributed by atoms with Crippen LogP contribution in [0.1, 0.15) is 412 Å². The van der Waals surface area contributed by atoms with Crippen molar-refractivity contribution >= 4 is 19.7 Å². The van der Waals surface area contributed by atoms with Crippen LogP contribution in [0.2, 0.25) is 0 Å².